The van der Waals surface area contributed by atoms with Crippen molar-refractivity contribution in [2.24, 2.45) is 0 Å². The van der Waals surface area contributed by atoms with E-state index < -0.39 is 29.4 Å². The smallest absolute Gasteiger partial charge is 0.338 e. The third kappa shape index (κ3) is 5.42. The fourth-order valence-electron chi connectivity index (χ4n) is 2.42. The monoisotopic (exact) mass is 410 g/mol. The molecule has 1 unspecified atom stereocenters. The van der Waals surface area contributed by atoms with Crippen LogP contribution in [0, 0.1) is 17.0 Å². The highest BCUT2D eigenvalue weighted by molar-refractivity contribution is 6.35. The van der Waals surface area contributed by atoms with Gasteiger partial charge in [0.1, 0.15) is 0 Å². The average molecular weight is 411 g/mol. The molecule has 1 amide bonds. The first-order valence-corrected chi connectivity index (χ1v) is 8.61. The summed E-state index contributed by atoms with van der Waals surface area (Å²) in [7, 11) is 0. The predicted molar refractivity (Wildman–Crippen MR) is 101 cm³/mol. The van der Waals surface area contributed by atoms with Crippen LogP contribution in [0.15, 0.2) is 36.4 Å². The maximum atomic E-state index is 12.0. The van der Waals surface area contributed by atoms with Crippen molar-refractivity contribution in [3.8, 4) is 0 Å². The van der Waals surface area contributed by atoms with Gasteiger partial charge < -0.3 is 10.1 Å². The standard InChI is InChI=1S/C18H16Cl2N2O5/c1-10-7-12(3-6-16(10)22(25)26)18(24)27-9-17(23)21-11(2)14-5-4-13(19)8-15(14)20/h3-8,11H,9H2,1-2H3,(H,21,23). The molecule has 0 spiro atoms. The minimum absolute atomic E-state index is 0.0991. The molecular formula is C18H16Cl2N2O5. The van der Waals surface area contributed by atoms with Gasteiger partial charge in [-0.25, -0.2) is 4.79 Å². The summed E-state index contributed by atoms with van der Waals surface area (Å²) in [6, 6.07) is 8.34. The number of carbonyl (C=O) groups excluding carboxylic acids is 2. The van der Waals surface area contributed by atoms with Gasteiger partial charge >= 0.3 is 5.97 Å². The van der Waals surface area contributed by atoms with Crippen LogP contribution in [0.1, 0.15) is 34.5 Å². The summed E-state index contributed by atoms with van der Waals surface area (Å²) < 4.78 is 4.96. The fourth-order valence-corrected chi connectivity index (χ4v) is 2.99. The van der Waals surface area contributed by atoms with Crippen LogP contribution in [-0.2, 0) is 9.53 Å². The zero-order valence-electron chi connectivity index (χ0n) is 14.5. The number of nitrogens with zero attached hydrogens (tertiary/aromatic N) is 1. The number of aryl methyl sites for hydroxylation is 1. The number of nitro groups is 1. The molecule has 27 heavy (non-hydrogen) atoms. The van der Waals surface area contributed by atoms with Crippen molar-refractivity contribution in [1.82, 2.24) is 5.32 Å². The minimum Gasteiger partial charge on any atom is -0.452 e. The van der Waals surface area contributed by atoms with Gasteiger partial charge in [-0.2, -0.15) is 0 Å². The molecule has 0 aliphatic heterocycles. The van der Waals surface area contributed by atoms with Crippen molar-refractivity contribution in [2.45, 2.75) is 19.9 Å². The Kier molecular flexibility index (Phi) is 6.76. The number of nitro benzene ring substituents is 1. The zero-order valence-corrected chi connectivity index (χ0v) is 16.0. The molecule has 2 aromatic carbocycles. The van der Waals surface area contributed by atoms with Gasteiger partial charge in [-0.3, -0.25) is 14.9 Å². The van der Waals surface area contributed by atoms with Gasteiger partial charge in [0.05, 0.1) is 16.5 Å². The largest absolute Gasteiger partial charge is 0.452 e. The molecule has 2 rings (SSSR count). The highest BCUT2D eigenvalue weighted by Gasteiger charge is 2.17. The lowest BCUT2D eigenvalue weighted by Crippen LogP contribution is -2.31. The second-order valence-electron chi connectivity index (χ2n) is 5.79. The molecule has 1 N–H and O–H groups in total. The number of hydrogen-bond donors (Lipinski definition) is 1. The summed E-state index contributed by atoms with van der Waals surface area (Å²) in [6.07, 6.45) is 0. The van der Waals surface area contributed by atoms with Crippen molar-refractivity contribution in [3.63, 3.8) is 0 Å². The van der Waals surface area contributed by atoms with E-state index in [1.165, 1.54) is 25.1 Å². The highest BCUT2D eigenvalue weighted by atomic mass is 35.5. The highest BCUT2D eigenvalue weighted by Crippen LogP contribution is 2.26. The SMILES string of the molecule is Cc1cc(C(=O)OCC(=O)NC(C)c2ccc(Cl)cc2Cl)ccc1[N+](=O)[O-]. The number of ether oxygens (including phenoxy) is 1. The normalized spacial score (nSPS) is 11.6. The summed E-state index contributed by atoms with van der Waals surface area (Å²) in [4.78, 5) is 34.3. The van der Waals surface area contributed by atoms with Crippen LogP contribution >= 0.6 is 23.2 Å². The summed E-state index contributed by atoms with van der Waals surface area (Å²) in [5.74, 6) is -1.26. The van der Waals surface area contributed by atoms with E-state index in [0.29, 0.717) is 21.2 Å². The molecule has 0 aromatic heterocycles. The molecule has 0 heterocycles. The Labute approximate surface area is 165 Å². The number of benzene rings is 2. The number of carbonyl (C=O) groups is 2. The third-order valence-electron chi connectivity index (χ3n) is 3.77. The Morgan fingerprint density at radius 2 is 1.93 bits per heavy atom. The van der Waals surface area contributed by atoms with Crippen molar-refractivity contribution < 1.29 is 19.2 Å². The quantitative estimate of drug-likeness (QED) is 0.436. The molecule has 0 aliphatic rings. The van der Waals surface area contributed by atoms with Crippen molar-refractivity contribution in [2.75, 3.05) is 6.61 Å². The molecule has 0 bridgehead atoms. The Bertz CT molecular complexity index is 901. The Balaban J connectivity index is 1.94. The lowest BCUT2D eigenvalue weighted by Gasteiger charge is -2.16. The van der Waals surface area contributed by atoms with E-state index in [1.807, 2.05) is 0 Å². The Morgan fingerprint density at radius 1 is 1.22 bits per heavy atom. The van der Waals surface area contributed by atoms with Crippen LogP contribution in [0.4, 0.5) is 5.69 Å². The number of rotatable bonds is 6. The Hall–Kier alpha value is -2.64. The van der Waals surface area contributed by atoms with Crippen molar-refractivity contribution >= 4 is 40.8 Å². The van der Waals surface area contributed by atoms with Crippen molar-refractivity contribution in [3.05, 3.63) is 73.2 Å². The zero-order chi connectivity index (χ0) is 20.1. The fraction of sp³-hybridized carbons (Fsp3) is 0.222. The number of esters is 1. The lowest BCUT2D eigenvalue weighted by molar-refractivity contribution is -0.385. The van der Waals surface area contributed by atoms with Gasteiger partial charge in [0.15, 0.2) is 6.61 Å². The first-order valence-electron chi connectivity index (χ1n) is 7.85. The number of amides is 1. The van der Waals surface area contributed by atoms with E-state index in [2.05, 4.69) is 5.32 Å². The molecule has 2 aromatic rings. The van der Waals surface area contributed by atoms with E-state index in [0.717, 1.165) is 0 Å². The lowest BCUT2D eigenvalue weighted by atomic mass is 10.1. The van der Waals surface area contributed by atoms with Crippen LogP contribution in [-0.4, -0.2) is 23.4 Å². The van der Waals surface area contributed by atoms with Crippen molar-refractivity contribution in [1.29, 1.82) is 0 Å². The topological polar surface area (TPSA) is 98.5 Å². The van der Waals surface area contributed by atoms with Gasteiger partial charge in [-0.1, -0.05) is 29.3 Å². The second kappa shape index (κ2) is 8.83. The van der Waals surface area contributed by atoms with Crippen LogP contribution in [0.5, 0.6) is 0 Å². The van der Waals surface area contributed by atoms with Gasteiger partial charge in [0.2, 0.25) is 0 Å². The molecule has 142 valence electrons. The first-order chi connectivity index (χ1) is 12.7. The molecule has 7 nitrogen and oxygen atoms in total. The van der Waals surface area contributed by atoms with Gasteiger partial charge in [-0.15, -0.1) is 0 Å². The maximum Gasteiger partial charge on any atom is 0.338 e. The van der Waals surface area contributed by atoms with E-state index in [1.54, 1.807) is 25.1 Å². The predicted octanol–water partition coefficient (Wildman–Crippen LogP) is 4.24. The van der Waals surface area contributed by atoms with Gasteiger partial charge in [0, 0.05) is 21.7 Å². The van der Waals surface area contributed by atoms with Crippen LogP contribution in [0.25, 0.3) is 0 Å². The van der Waals surface area contributed by atoms with Gasteiger partial charge in [-0.05, 0) is 43.7 Å². The molecule has 9 heteroatoms. The molecule has 0 saturated heterocycles. The first kappa shape index (κ1) is 20.7. The summed E-state index contributed by atoms with van der Waals surface area (Å²) in [5, 5.41) is 14.4. The molecule has 0 saturated carbocycles. The number of hydrogen-bond acceptors (Lipinski definition) is 5. The summed E-state index contributed by atoms with van der Waals surface area (Å²) in [5.41, 5.74) is 1.02. The molecule has 0 radical (unpaired) electrons. The molecule has 0 aliphatic carbocycles. The molecular weight excluding hydrogens is 395 g/mol. The van der Waals surface area contributed by atoms with E-state index >= 15 is 0 Å². The van der Waals surface area contributed by atoms with E-state index in [4.69, 9.17) is 27.9 Å². The van der Waals surface area contributed by atoms with E-state index in [-0.39, 0.29) is 11.3 Å². The molecule has 0 fully saturated rings. The second-order valence-corrected chi connectivity index (χ2v) is 6.63. The third-order valence-corrected chi connectivity index (χ3v) is 4.33. The minimum atomic E-state index is -0.750. The summed E-state index contributed by atoms with van der Waals surface area (Å²) >= 11 is 11.9. The number of nitrogens with one attached hydrogen (secondary N) is 1. The van der Waals surface area contributed by atoms with Crippen LogP contribution in [0.2, 0.25) is 10.0 Å². The number of halogens is 2. The van der Waals surface area contributed by atoms with Crippen LogP contribution < -0.4 is 5.32 Å². The Morgan fingerprint density at radius 3 is 2.52 bits per heavy atom. The van der Waals surface area contributed by atoms with Crippen LogP contribution in [0.3, 0.4) is 0 Å². The van der Waals surface area contributed by atoms with E-state index in [9.17, 15) is 19.7 Å². The molecule has 1 atom stereocenters. The maximum absolute atomic E-state index is 12.0. The summed E-state index contributed by atoms with van der Waals surface area (Å²) in [6.45, 7) is 2.75. The average Bonchev–Trinajstić information content (AvgIpc) is 2.59. The van der Waals surface area contributed by atoms with Gasteiger partial charge in [0.25, 0.3) is 11.6 Å².